The molecule has 0 aliphatic carbocycles. The second kappa shape index (κ2) is 12.8. The average Bonchev–Trinajstić information content (AvgIpc) is 3.30. The topological polar surface area (TPSA) is 97.0 Å². The van der Waals surface area contributed by atoms with Crippen LogP contribution in [0.3, 0.4) is 0 Å². The minimum absolute atomic E-state index is 0.00796. The molecule has 0 spiro atoms. The van der Waals surface area contributed by atoms with E-state index < -0.39 is 18.2 Å². The smallest absolute Gasteiger partial charge is 0.337 e. The van der Waals surface area contributed by atoms with Crippen molar-refractivity contribution in [1.82, 2.24) is 4.90 Å². The zero-order valence-electron chi connectivity index (χ0n) is 21.6. The summed E-state index contributed by atoms with van der Waals surface area (Å²) >= 11 is 3.46. The number of hydrogen-bond acceptors (Lipinski definition) is 5. The van der Waals surface area contributed by atoms with Gasteiger partial charge in [-0.3, -0.25) is 4.79 Å². The Morgan fingerprint density at radius 1 is 1.03 bits per heavy atom. The Balaban J connectivity index is 1.33. The van der Waals surface area contributed by atoms with Crippen molar-refractivity contribution in [2.45, 2.75) is 32.0 Å². The van der Waals surface area contributed by atoms with Crippen LogP contribution in [-0.2, 0) is 16.0 Å². The number of rotatable bonds is 8. The fraction of sp³-hybridized carbons (Fsp3) is 0.276. The van der Waals surface area contributed by atoms with Crippen LogP contribution in [0.25, 0.3) is 0 Å². The van der Waals surface area contributed by atoms with E-state index in [9.17, 15) is 18.8 Å². The van der Waals surface area contributed by atoms with Gasteiger partial charge in [0.25, 0.3) is 0 Å². The van der Waals surface area contributed by atoms with E-state index in [2.05, 4.69) is 31.3 Å². The second-order valence-electron chi connectivity index (χ2n) is 9.24. The largest absolute Gasteiger partial charge is 0.491 e. The molecule has 0 aromatic heterocycles. The average molecular weight is 598 g/mol. The summed E-state index contributed by atoms with van der Waals surface area (Å²) < 4.78 is 25.4. The summed E-state index contributed by atoms with van der Waals surface area (Å²) in [6, 6.07) is 18.3. The molecule has 4 rings (SSSR count). The zero-order chi connectivity index (χ0) is 27.9. The maximum absolute atomic E-state index is 14.3. The maximum atomic E-state index is 14.3. The molecular weight excluding hydrogens is 569 g/mol. The monoisotopic (exact) mass is 597 g/mol. The van der Waals surface area contributed by atoms with Crippen LogP contribution in [0.1, 0.15) is 27.9 Å². The van der Waals surface area contributed by atoms with Gasteiger partial charge >= 0.3 is 12.0 Å². The lowest BCUT2D eigenvalue weighted by Gasteiger charge is -2.24. The van der Waals surface area contributed by atoms with Gasteiger partial charge in [0, 0.05) is 16.6 Å². The number of urea groups is 1. The fourth-order valence-electron chi connectivity index (χ4n) is 4.36. The number of hydrogen-bond donors (Lipinski definition) is 2. The number of amides is 3. The molecule has 3 aromatic carbocycles. The minimum Gasteiger partial charge on any atom is -0.491 e. The first kappa shape index (κ1) is 28.1. The Bertz CT molecular complexity index is 1350. The van der Waals surface area contributed by atoms with Crippen molar-refractivity contribution in [3.8, 4) is 5.75 Å². The van der Waals surface area contributed by atoms with Crippen LogP contribution < -0.4 is 15.4 Å². The number of anilines is 2. The summed E-state index contributed by atoms with van der Waals surface area (Å²) in [5, 5.41) is 5.61. The molecule has 1 aliphatic rings. The summed E-state index contributed by atoms with van der Waals surface area (Å²) in [5.74, 6) is -0.152. The van der Waals surface area contributed by atoms with Crippen LogP contribution in [-0.4, -0.2) is 55.3 Å². The van der Waals surface area contributed by atoms with Crippen LogP contribution in [0.2, 0.25) is 0 Å². The van der Waals surface area contributed by atoms with E-state index in [4.69, 9.17) is 4.74 Å². The number of esters is 1. The SMILES string of the molecule is COC(=O)c1ccc(OC[C@@H]2C[C@H](F)CN2C(=O)Cc2ccc(NC(=O)Nc3ccccc3C)c(Br)c2)cc1. The number of nitrogens with one attached hydrogen (secondary N) is 2. The van der Waals surface area contributed by atoms with Gasteiger partial charge in [-0.15, -0.1) is 0 Å². The van der Waals surface area contributed by atoms with Gasteiger partial charge in [0.2, 0.25) is 5.91 Å². The van der Waals surface area contributed by atoms with Gasteiger partial charge in [-0.1, -0.05) is 24.3 Å². The molecule has 1 saturated heterocycles. The van der Waals surface area contributed by atoms with Gasteiger partial charge in [0.15, 0.2) is 0 Å². The van der Waals surface area contributed by atoms with Crippen LogP contribution in [0.5, 0.6) is 5.75 Å². The summed E-state index contributed by atoms with van der Waals surface area (Å²) in [6.07, 6.45) is -0.866. The third-order valence-corrected chi connectivity index (χ3v) is 7.09. The molecule has 0 saturated carbocycles. The Kier molecular flexibility index (Phi) is 9.19. The maximum Gasteiger partial charge on any atom is 0.337 e. The summed E-state index contributed by atoms with van der Waals surface area (Å²) in [5.41, 5.74) is 3.31. The molecule has 204 valence electrons. The number of halogens is 2. The number of carbonyl (C=O) groups excluding carboxylic acids is 3. The highest BCUT2D eigenvalue weighted by atomic mass is 79.9. The molecule has 2 atom stereocenters. The van der Waals surface area contributed by atoms with Crippen LogP contribution in [0.15, 0.2) is 71.2 Å². The molecule has 3 amide bonds. The Morgan fingerprint density at radius 2 is 1.74 bits per heavy atom. The second-order valence-corrected chi connectivity index (χ2v) is 10.1. The normalized spacial score (nSPS) is 16.5. The first-order chi connectivity index (χ1) is 18.7. The number of para-hydroxylation sites is 1. The lowest BCUT2D eigenvalue weighted by atomic mass is 10.1. The van der Waals surface area contributed by atoms with E-state index in [1.54, 1.807) is 42.5 Å². The quantitative estimate of drug-likeness (QED) is 0.322. The van der Waals surface area contributed by atoms with Crippen LogP contribution in [0, 0.1) is 6.92 Å². The van der Waals surface area contributed by atoms with Crippen molar-refractivity contribution in [2.75, 3.05) is 30.9 Å². The number of nitrogens with zero attached hydrogens (tertiary/aromatic N) is 1. The van der Waals surface area contributed by atoms with E-state index in [0.29, 0.717) is 27.2 Å². The van der Waals surface area contributed by atoms with Crippen molar-refractivity contribution < 1.29 is 28.2 Å². The number of ether oxygens (including phenoxy) is 2. The lowest BCUT2D eigenvalue weighted by Crippen LogP contribution is -2.40. The number of likely N-dealkylation sites (tertiary alicyclic amines) is 1. The van der Waals surface area contributed by atoms with Crippen molar-refractivity contribution in [2.24, 2.45) is 0 Å². The van der Waals surface area contributed by atoms with E-state index in [1.807, 2.05) is 31.2 Å². The molecule has 1 aliphatic heterocycles. The van der Waals surface area contributed by atoms with E-state index in [1.165, 1.54) is 12.0 Å². The van der Waals surface area contributed by atoms with Crippen molar-refractivity contribution in [3.05, 3.63) is 87.9 Å². The number of aryl methyl sites for hydroxylation is 1. The Hall–Kier alpha value is -3.92. The predicted octanol–water partition coefficient (Wildman–Crippen LogP) is 5.75. The van der Waals surface area contributed by atoms with Crippen molar-refractivity contribution >= 4 is 45.2 Å². The highest BCUT2D eigenvalue weighted by Gasteiger charge is 2.35. The lowest BCUT2D eigenvalue weighted by molar-refractivity contribution is -0.132. The number of alkyl halides is 1. The molecule has 8 nitrogen and oxygen atoms in total. The predicted molar refractivity (Wildman–Crippen MR) is 150 cm³/mol. The van der Waals surface area contributed by atoms with Gasteiger partial charge < -0.3 is 25.0 Å². The number of carbonyl (C=O) groups is 3. The molecule has 1 fully saturated rings. The van der Waals surface area contributed by atoms with Gasteiger partial charge in [-0.05, 0) is 76.4 Å². The minimum atomic E-state index is -1.13. The van der Waals surface area contributed by atoms with E-state index >= 15 is 0 Å². The van der Waals surface area contributed by atoms with Crippen molar-refractivity contribution in [1.29, 1.82) is 0 Å². The van der Waals surface area contributed by atoms with E-state index in [-0.39, 0.29) is 37.9 Å². The van der Waals surface area contributed by atoms with Gasteiger partial charge in [-0.25, -0.2) is 14.0 Å². The first-order valence-electron chi connectivity index (χ1n) is 12.4. The fourth-order valence-corrected chi connectivity index (χ4v) is 4.88. The standard InChI is InChI=1S/C29H29BrFN3O5/c1-18-5-3-4-6-25(18)32-29(37)33-26-12-7-19(13-24(26)30)14-27(35)34-16-21(31)15-22(34)17-39-23-10-8-20(9-11-23)28(36)38-2/h3-13,21-22H,14-17H2,1-2H3,(H2,32,33,37)/t21-,22-/m0/s1. The number of benzene rings is 3. The molecule has 1 heterocycles. The Morgan fingerprint density at radius 3 is 2.44 bits per heavy atom. The molecule has 3 aromatic rings. The molecular formula is C29H29BrFN3O5. The highest BCUT2D eigenvalue weighted by Crippen LogP contribution is 2.27. The highest BCUT2D eigenvalue weighted by molar-refractivity contribution is 9.10. The summed E-state index contributed by atoms with van der Waals surface area (Å²) in [7, 11) is 1.31. The van der Waals surface area contributed by atoms with Crippen molar-refractivity contribution in [3.63, 3.8) is 0 Å². The first-order valence-corrected chi connectivity index (χ1v) is 13.2. The molecule has 39 heavy (non-hydrogen) atoms. The molecule has 0 unspecified atom stereocenters. The third kappa shape index (κ3) is 7.35. The molecule has 10 heteroatoms. The number of methoxy groups -OCH3 is 1. The molecule has 2 N–H and O–H groups in total. The summed E-state index contributed by atoms with van der Waals surface area (Å²) in [6.45, 7) is 2.05. The molecule has 0 bridgehead atoms. The van der Waals surface area contributed by atoms with Crippen LogP contribution in [0.4, 0.5) is 20.6 Å². The van der Waals surface area contributed by atoms with Crippen LogP contribution >= 0.6 is 15.9 Å². The third-order valence-electron chi connectivity index (χ3n) is 6.43. The van der Waals surface area contributed by atoms with Gasteiger partial charge in [0.05, 0.1) is 37.4 Å². The van der Waals surface area contributed by atoms with Gasteiger partial charge in [-0.2, -0.15) is 0 Å². The zero-order valence-corrected chi connectivity index (χ0v) is 23.2. The molecule has 0 radical (unpaired) electrons. The summed E-state index contributed by atoms with van der Waals surface area (Å²) in [4.78, 5) is 38.6. The Labute approximate surface area is 234 Å². The van der Waals surface area contributed by atoms with Gasteiger partial charge in [0.1, 0.15) is 18.5 Å². The van der Waals surface area contributed by atoms with E-state index in [0.717, 1.165) is 11.1 Å².